The maximum Gasteiger partial charge on any atom is 0.110 e. The number of aryl methyl sites for hydroxylation is 1. The summed E-state index contributed by atoms with van der Waals surface area (Å²) in [5, 5.41) is 2.16. The molecule has 1 N–H and O–H groups in total. The van der Waals surface area contributed by atoms with Crippen molar-refractivity contribution in [1.82, 2.24) is 14.9 Å². The summed E-state index contributed by atoms with van der Waals surface area (Å²) in [6, 6.07) is 4.36. The first-order valence-corrected chi connectivity index (χ1v) is 7.45. The number of rotatable bonds is 3. The maximum atomic E-state index is 4.49. The van der Waals surface area contributed by atoms with Crippen LogP contribution in [0.15, 0.2) is 23.7 Å². The van der Waals surface area contributed by atoms with Gasteiger partial charge < -0.3 is 4.98 Å². The third-order valence-corrected chi connectivity index (χ3v) is 4.44. The van der Waals surface area contributed by atoms with Crippen LogP contribution in [-0.4, -0.2) is 28.0 Å². The zero-order valence-electron chi connectivity index (χ0n) is 10.7. The molecule has 3 rings (SSSR count). The smallest absolute Gasteiger partial charge is 0.110 e. The van der Waals surface area contributed by atoms with E-state index in [1.54, 1.807) is 0 Å². The third kappa shape index (κ3) is 2.65. The van der Waals surface area contributed by atoms with Gasteiger partial charge in [0.05, 0.1) is 0 Å². The van der Waals surface area contributed by atoms with Crippen LogP contribution in [0.5, 0.6) is 0 Å². The number of nitrogens with one attached hydrogen (secondary N) is 1. The molecule has 3 heterocycles. The fraction of sp³-hybridized carbons (Fsp3) is 0.500. The predicted octanol–water partition coefficient (Wildman–Crippen LogP) is 3.16. The number of piperidine rings is 1. The van der Waals surface area contributed by atoms with E-state index in [2.05, 4.69) is 39.3 Å². The van der Waals surface area contributed by atoms with Crippen molar-refractivity contribution in [1.29, 1.82) is 0 Å². The minimum Gasteiger partial charge on any atom is -0.346 e. The summed E-state index contributed by atoms with van der Waals surface area (Å²) in [6.45, 7) is 5.51. The lowest BCUT2D eigenvalue weighted by molar-refractivity contribution is 0.198. The number of aromatic nitrogens is 2. The van der Waals surface area contributed by atoms with E-state index >= 15 is 0 Å². The highest BCUT2D eigenvalue weighted by Gasteiger charge is 2.23. The van der Waals surface area contributed by atoms with E-state index in [0.29, 0.717) is 5.92 Å². The van der Waals surface area contributed by atoms with E-state index in [1.807, 2.05) is 17.5 Å². The Hall–Kier alpha value is -1.13. The number of hydrogen-bond donors (Lipinski definition) is 1. The summed E-state index contributed by atoms with van der Waals surface area (Å²) in [5.74, 6) is 1.75. The molecule has 1 saturated heterocycles. The third-order valence-electron chi connectivity index (χ3n) is 3.57. The summed E-state index contributed by atoms with van der Waals surface area (Å²) in [6.07, 6.45) is 4.47. The van der Waals surface area contributed by atoms with Gasteiger partial charge >= 0.3 is 0 Å². The van der Waals surface area contributed by atoms with Gasteiger partial charge in [0.25, 0.3) is 0 Å². The van der Waals surface area contributed by atoms with Crippen LogP contribution in [0.25, 0.3) is 0 Å². The number of likely N-dealkylation sites (tertiary alicyclic amines) is 1. The molecular formula is C14H19N3S. The molecule has 0 saturated carbocycles. The molecule has 0 unspecified atom stereocenters. The molecule has 1 atom stereocenters. The van der Waals surface area contributed by atoms with Crippen molar-refractivity contribution in [3.8, 4) is 0 Å². The van der Waals surface area contributed by atoms with E-state index in [1.165, 1.54) is 35.8 Å². The van der Waals surface area contributed by atoms with Crippen molar-refractivity contribution in [2.75, 3.05) is 13.1 Å². The van der Waals surface area contributed by atoms with E-state index < -0.39 is 0 Å². The van der Waals surface area contributed by atoms with Crippen molar-refractivity contribution in [3.63, 3.8) is 0 Å². The van der Waals surface area contributed by atoms with Crippen LogP contribution < -0.4 is 0 Å². The minimum absolute atomic E-state index is 0.576. The molecule has 0 amide bonds. The average Bonchev–Trinajstić information content (AvgIpc) is 3.01. The van der Waals surface area contributed by atoms with Gasteiger partial charge in [-0.3, -0.25) is 4.90 Å². The Labute approximate surface area is 112 Å². The second-order valence-electron chi connectivity index (χ2n) is 5.11. The minimum atomic E-state index is 0.576. The Morgan fingerprint density at radius 1 is 1.56 bits per heavy atom. The molecule has 0 aliphatic carbocycles. The van der Waals surface area contributed by atoms with Crippen molar-refractivity contribution in [2.45, 2.75) is 32.2 Å². The lowest BCUT2D eigenvalue weighted by atomic mass is 9.97. The molecule has 0 spiro atoms. The van der Waals surface area contributed by atoms with Crippen molar-refractivity contribution < 1.29 is 0 Å². The summed E-state index contributed by atoms with van der Waals surface area (Å²) >= 11 is 1.85. The molecule has 0 radical (unpaired) electrons. The summed E-state index contributed by atoms with van der Waals surface area (Å²) < 4.78 is 0. The predicted molar refractivity (Wildman–Crippen MR) is 74.9 cm³/mol. The Kier molecular flexibility index (Phi) is 3.48. The van der Waals surface area contributed by atoms with Crippen molar-refractivity contribution >= 4 is 11.3 Å². The van der Waals surface area contributed by atoms with Crippen LogP contribution in [0, 0.1) is 6.92 Å². The monoisotopic (exact) mass is 261 g/mol. The zero-order chi connectivity index (χ0) is 12.4. The van der Waals surface area contributed by atoms with E-state index in [9.17, 15) is 0 Å². The number of aromatic amines is 1. The Morgan fingerprint density at radius 3 is 3.22 bits per heavy atom. The Bertz CT molecular complexity index is 489. The van der Waals surface area contributed by atoms with Gasteiger partial charge in [-0.25, -0.2) is 4.98 Å². The van der Waals surface area contributed by atoms with Gasteiger partial charge in [-0.15, -0.1) is 11.3 Å². The second-order valence-corrected chi connectivity index (χ2v) is 6.14. The molecule has 2 aromatic rings. The number of thiophene rings is 1. The van der Waals surface area contributed by atoms with Crippen LogP contribution in [0.4, 0.5) is 0 Å². The molecule has 18 heavy (non-hydrogen) atoms. The first-order valence-electron chi connectivity index (χ1n) is 6.57. The van der Waals surface area contributed by atoms with Gasteiger partial charge in [-0.05, 0) is 37.8 Å². The van der Waals surface area contributed by atoms with Crippen LogP contribution >= 0.6 is 11.3 Å². The van der Waals surface area contributed by atoms with E-state index in [4.69, 9.17) is 0 Å². The largest absolute Gasteiger partial charge is 0.346 e. The highest BCUT2D eigenvalue weighted by atomic mass is 32.1. The summed E-state index contributed by atoms with van der Waals surface area (Å²) in [7, 11) is 0. The first kappa shape index (κ1) is 11.9. The molecule has 3 nitrogen and oxygen atoms in total. The standard InChI is InChI=1S/C14H19N3S/c1-11-8-15-14(16-11)12-4-2-6-17(9-12)10-13-5-3-7-18-13/h3,5,7-8,12H,2,4,6,9-10H2,1H3,(H,15,16)/t12-/m1/s1. The van der Waals surface area contributed by atoms with Gasteiger partial charge in [0.1, 0.15) is 5.82 Å². The highest BCUT2D eigenvalue weighted by molar-refractivity contribution is 7.09. The first-order chi connectivity index (χ1) is 8.81. The second kappa shape index (κ2) is 5.24. The van der Waals surface area contributed by atoms with Crippen molar-refractivity contribution in [2.24, 2.45) is 0 Å². The molecule has 0 aromatic carbocycles. The van der Waals surface area contributed by atoms with Crippen LogP contribution in [0.3, 0.4) is 0 Å². The zero-order valence-corrected chi connectivity index (χ0v) is 11.5. The molecule has 2 aromatic heterocycles. The molecule has 1 aliphatic rings. The highest BCUT2D eigenvalue weighted by Crippen LogP contribution is 2.26. The molecule has 4 heteroatoms. The van der Waals surface area contributed by atoms with Gasteiger partial charge in [-0.2, -0.15) is 0 Å². The average molecular weight is 261 g/mol. The molecule has 1 aliphatic heterocycles. The fourth-order valence-corrected chi connectivity index (χ4v) is 3.43. The van der Waals surface area contributed by atoms with Gasteiger partial charge in [0, 0.05) is 35.8 Å². The SMILES string of the molecule is Cc1cnc([C@@H]2CCCN(Cc3cccs3)C2)[nH]1. The number of imidazole rings is 1. The molecule has 1 fully saturated rings. The van der Waals surface area contributed by atoms with Crippen LogP contribution in [0.1, 0.15) is 35.2 Å². The normalized spacial score (nSPS) is 21.3. The van der Waals surface area contributed by atoms with Gasteiger partial charge in [0.15, 0.2) is 0 Å². The number of hydrogen-bond acceptors (Lipinski definition) is 3. The summed E-state index contributed by atoms with van der Waals surface area (Å²) in [4.78, 5) is 11.9. The van der Waals surface area contributed by atoms with E-state index in [0.717, 1.165) is 13.1 Å². The van der Waals surface area contributed by atoms with Crippen LogP contribution in [0.2, 0.25) is 0 Å². The van der Waals surface area contributed by atoms with Gasteiger partial charge in [-0.1, -0.05) is 6.07 Å². The fourth-order valence-electron chi connectivity index (χ4n) is 2.69. The Balaban J connectivity index is 1.65. The topological polar surface area (TPSA) is 31.9 Å². The van der Waals surface area contributed by atoms with Crippen LogP contribution in [-0.2, 0) is 6.54 Å². The molecule has 0 bridgehead atoms. The van der Waals surface area contributed by atoms with E-state index in [-0.39, 0.29) is 0 Å². The Morgan fingerprint density at radius 2 is 2.50 bits per heavy atom. The number of H-pyrrole nitrogens is 1. The summed E-state index contributed by atoms with van der Waals surface area (Å²) in [5.41, 5.74) is 1.17. The molecule has 96 valence electrons. The quantitative estimate of drug-likeness (QED) is 0.920. The molecular weight excluding hydrogens is 242 g/mol. The lowest BCUT2D eigenvalue weighted by Crippen LogP contribution is -2.34. The van der Waals surface area contributed by atoms with Gasteiger partial charge in [0.2, 0.25) is 0 Å². The van der Waals surface area contributed by atoms with Crippen molar-refractivity contribution in [3.05, 3.63) is 40.1 Å². The maximum absolute atomic E-state index is 4.49. The number of nitrogens with zero attached hydrogens (tertiary/aromatic N) is 2. The lowest BCUT2D eigenvalue weighted by Gasteiger charge is -2.31.